The lowest BCUT2D eigenvalue weighted by atomic mass is 10.0. The Hall–Kier alpha value is -2.82. The van der Waals surface area contributed by atoms with E-state index in [1.807, 2.05) is 54.3 Å². The van der Waals surface area contributed by atoms with Crippen LogP contribution in [0.2, 0.25) is 0 Å². The minimum atomic E-state index is -0.145. The second kappa shape index (κ2) is 9.21. The van der Waals surface area contributed by atoms with Gasteiger partial charge in [-0.2, -0.15) is 0 Å². The van der Waals surface area contributed by atoms with Gasteiger partial charge in [0.25, 0.3) is 5.91 Å². The van der Waals surface area contributed by atoms with E-state index in [4.69, 9.17) is 4.74 Å². The average molecular weight is 366 g/mol. The maximum Gasteiger partial charge on any atom is 0.251 e. The predicted octanol–water partition coefficient (Wildman–Crippen LogP) is 3.57. The molecule has 3 rings (SSSR count). The van der Waals surface area contributed by atoms with E-state index in [2.05, 4.69) is 5.32 Å². The van der Waals surface area contributed by atoms with Crippen LogP contribution in [0.3, 0.4) is 0 Å². The van der Waals surface area contributed by atoms with Crippen molar-refractivity contribution >= 4 is 11.8 Å². The number of ether oxygens (including phenoxy) is 1. The van der Waals surface area contributed by atoms with Crippen LogP contribution in [0.5, 0.6) is 5.75 Å². The average Bonchev–Trinajstić information content (AvgIpc) is 3.19. The molecule has 5 nitrogen and oxygen atoms in total. The molecule has 0 aromatic heterocycles. The second-order valence-electron chi connectivity index (χ2n) is 6.62. The van der Waals surface area contributed by atoms with Gasteiger partial charge < -0.3 is 15.0 Å². The third-order valence-electron chi connectivity index (χ3n) is 4.81. The molecule has 1 atom stereocenters. The van der Waals surface area contributed by atoms with Crippen LogP contribution in [-0.2, 0) is 4.79 Å². The van der Waals surface area contributed by atoms with Gasteiger partial charge in [-0.1, -0.05) is 30.3 Å². The van der Waals surface area contributed by atoms with Crippen LogP contribution in [0.1, 0.15) is 48.1 Å². The molecule has 0 aliphatic carbocycles. The molecule has 2 amide bonds. The van der Waals surface area contributed by atoms with E-state index < -0.39 is 0 Å². The fourth-order valence-corrected chi connectivity index (χ4v) is 3.48. The van der Waals surface area contributed by atoms with E-state index in [-0.39, 0.29) is 17.9 Å². The van der Waals surface area contributed by atoms with Gasteiger partial charge in [-0.25, -0.2) is 0 Å². The molecule has 0 saturated carbocycles. The molecule has 0 spiro atoms. The highest BCUT2D eigenvalue weighted by atomic mass is 16.5. The summed E-state index contributed by atoms with van der Waals surface area (Å²) in [4.78, 5) is 26.7. The molecule has 2 aromatic rings. The first-order valence-corrected chi connectivity index (χ1v) is 9.54. The molecule has 1 aliphatic heterocycles. The summed E-state index contributed by atoms with van der Waals surface area (Å²) in [6.45, 7) is 3.71. The van der Waals surface area contributed by atoms with Crippen molar-refractivity contribution in [1.82, 2.24) is 10.2 Å². The molecule has 0 bridgehead atoms. The van der Waals surface area contributed by atoms with Gasteiger partial charge in [0, 0.05) is 25.1 Å². The maximum atomic E-state index is 12.7. The van der Waals surface area contributed by atoms with Crippen molar-refractivity contribution in [3.8, 4) is 5.75 Å². The van der Waals surface area contributed by atoms with Crippen LogP contribution in [-0.4, -0.2) is 36.4 Å². The number of hydrogen-bond acceptors (Lipinski definition) is 3. The number of benzene rings is 2. The van der Waals surface area contributed by atoms with Crippen LogP contribution >= 0.6 is 0 Å². The van der Waals surface area contributed by atoms with Crippen molar-refractivity contribution in [2.24, 2.45) is 0 Å². The lowest BCUT2D eigenvalue weighted by Gasteiger charge is -2.25. The highest BCUT2D eigenvalue weighted by Crippen LogP contribution is 2.33. The Morgan fingerprint density at radius 2 is 1.85 bits per heavy atom. The number of hydrogen-bond donors (Lipinski definition) is 1. The zero-order valence-corrected chi connectivity index (χ0v) is 15.7. The van der Waals surface area contributed by atoms with Gasteiger partial charge in [-0.05, 0) is 49.6 Å². The largest absolute Gasteiger partial charge is 0.494 e. The normalized spacial score (nSPS) is 16.2. The zero-order valence-electron chi connectivity index (χ0n) is 15.7. The van der Waals surface area contributed by atoms with Gasteiger partial charge in [-0.15, -0.1) is 0 Å². The number of rotatable bonds is 7. The Kier molecular flexibility index (Phi) is 6.47. The molecule has 1 saturated heterocycles. The van der Waals surface area contributed by atoms with Crippen molar-refractivity contribution in [1.29, 1.82) is 0 Å². The molecule has 5 heteroatoms. The summed E-state index contributed by atoms with van der Waals surface area (Å²) in [6, 6.07) is 17.2. The smallest absolute Gasteiger partial charge is 0.251 e. The monoisotopic (exact) mass is 366 g/mol. The second-order valence-corrected chi connectivity index (χ2v) is 6.62. The minimum Gasteiger partial charge on any atom is -0.494 e. The number of nitrogens with one attached hydrogen (secondary N) is 1. The van der Waals surface area contributed by atoms with Crippen LogP contribution in [0, 0.1) is 0 Å². The quantitative estimate of drug-likeness (QED) is 0.815. The lowest BCUT2D eigenvalue weighted by molar-refractivity contribution is -0.132. The van der Waals surface area contributed by atoms with Gasteiger partial charge in [0.1, 0.15) is 5.75 Å². The predicted molar refractivity (Wildman–Crippen MR) is 105 cm³/mol. The maximum absolute atomic E-state index is 12.7. The first kappa shape index (κ1) is 19.0. The molecule has 1 unspecified atom stereocenters. The number of carbonyl (C=O) groups excluding carboxylic acids is 2. The number of amides is 2. The van der Waals surface area contributed by atoms with E-state index in [0.717, 1.165) is 30.7 Å². The molecule has 1 heterocycles. The standard InChI is InChI=1S/C22H26N2O3/c1-2-27-19-12-10-17(11-13-19)20-9-6-16-24(20)21(25)14-15-23-22(26)18-7-4-3-5-8-18/h3-5,7-8,10-13,20H,2,6,9,14-16H2,1H3,(H,23,26). The SMILES string of the molecule is CCOc1ccc(C2CCCN2C(=O)CCNC(=O)c2ccccc2)cc1. The van der Waals surface area contributed by atoms with Gasteiger partial charge >= 0.3 is 0 Å². The summed E-state index contributed by atoms with van der Waals surface area (Å²) in [5.41, 5.74) is 1.75. The number of nitrogens with zero attached hydrogens (tertiary/aromatic N) is 1. The topological polar surface area (TPSA) is 58.6 Å². The Bertz CT molecular complexity index is 759. The van der Waals surface area contributed by atoms with E-state index in [0.29, 0.717) is 25.1 Å². The van der Waals surface area contributed by atoms with Gasteiger partial charge in [0.05, 0.1) is 12.6 Å². The van der Waals surface area contributed by atoms with E-state index in [1.54, 1.807) is 12.1 Å². The first-order valence-electron chi connectivity index (χ1n) is 9.54. The number of carbonyl (C=O) groups is 2. The summed E-state index contributed by atoms with van der Waals surface area (Å²) in [7, 11) is 0. The summed E-state index contributed by atoms with van der Waals surface area (Å²) in [6.07, 6.45) is 2.28. The lowest BCUT2D eigenvalue weighted by Crippen LogP contribution is -2.34. The third-order valence-corrected chi connectivity index (χ3v) is 4.81. The number of likely N-dealkylation sites (tertiary alicyclic amines) is 1. The molecule has 142 valence electrons. The van der Waals surface area contributed by atoms with Crippen LogP contribution < -0.4 is 10.1 Å². The fourth-order valence-electron chi connectivity index (χ4n) is 3.48. The summed E-state index contributed by atoms with van der Waals surface area (Å²) >= 11 is 0. The molecule has 1 aliphatic rings. The Balaban J connectivity index is 1.53. The van der Waals surface area contributed by atoms with E-state index in [1.165, 1.54) is 0 Å². The van der Waals surface area contributed by atoms with Gasteiger partial charge in [0.15, 0.2) is 0 Å². The van der Waals surface area contributed by atoms with E-state index >= 15 is 0 Å². The van der Waals surface area contributed by atoms with Crippen molar-refractivity contribution in [2.75, 3.05) is 19.7 Å². The molecule has 27 heavy (non-hydrogen) atoms. The molecular formula is C22H26N2O3. The van der Waals surface area contributed by atoms with Crippen LogP contribution in [0.15, 0.2) is 54.6 Å². The summed E-state index contributed by atoms with van der Waals surface area (Å²) in [5, 5.41) is 2.83. The summed E-state index contributed by atoms with van der Waals surface area (Å²) < 4.78 is 5.49. The van der Waals surface area contributed by atoms with Crippen LogP contribution in [0.4, 0.5) is 0 Å². The van der Waals surface area contributed by atoms with Crippen molar-refractivity contribution in [3.63, 3.8) is 0 Å². The van der Waals surface area contributed by atoms with Gasteiger partial charge in [-0.3, -0.25) is 9.59 Å². The molecule has 2 aromatic carbocycles. The fraction of sp³-hybridized carbons (Fsp3) is 0.364. The van der Waals surface area contributed by atoms with Crippen molar-refractivity contribution < 1.29 is 14.3 Å². The molecular weight excluding hydrogens is 340 g/mol. The molecule has 0 radical (unpaired) electrons. The third kappa shape index (κ3) is 4.88. The zero-order chi connectivity index (χ0) is 19.1. The first-order chi connectivity index (χ1) is 13.2. The van der Waals surface area contributed by atoms with Crippen molar-refractivity contribution in [3.05, 3.63) is 65.7 Å². The molecule has 1 fully saturated rings. The minimum absolute atomic E-state index is 0.0831. The van der Waals surface area contributed by atoms with Crippen LogP contribution in [0.25, 0.3) is 0 Å². The Morgan fingerprint density at radius 3 is 2.56 bits per heavy atom. The Labute approximate surface area is 160 Å². The molecule has 1 N–H and O–H groups in total. The van der Waals surface area contributed by atoms with Crippen molar-refractivity contribution in [2.45, 2.75) is 32.2 Å². The highest BCUT2D eigenvalue weighted by molar-refractivity contribution is 5.94. The van der Waals surface area contributed by atoms with Gasteiger partial charge in [0.2, 0.25) is 5.91 Å². The highest BCUT2D eigenvalue weighted by Gasteiger charge is 2.29. The van der Waals surface area contributed by atoms with E-state index in [9.17, 15) is 9.59 Å². The Morgan fingerprint density at radius 1 is 1.11 bits per heavy atom. The summed E-state index contributed by atoms with van der Waals surface area (Å²) in [5.74, 6) is 0.786.